The molecule has 0 radical (unpaired) electrons. The van der Waals surface area contributed by atoms with Crippen LogP contribution in [0.2, 0.25) is 0 Å². The first kappa shape index (κ1) is 11.8. The quantitative estimate of drug-likeness (QED) is 0.567. The van der Waals surface area contributed by atoms with E-state index in [4.69, 9.17) is 4.74 Å². The van der Waals surface area contributed by atoms with Crippen molar-refractivity contribution in [1.29, 1.82) is 0 Å². The predicted molar refractivity (Wildman–Crippen MR) is 70.9 cm³/mol. The Kier molecular flexibility index (Phi) is 2.66. The highest BCUT2D eigenvalue weighted by Crippen LogP contribution is 2.63. The molecule has 0 amide bonds. The fourth-order valence-corrected chi connectivity index (χ4v) is 4.93. The number of allylic oxidation sites excluding steroid dienone is 1. The molecule has 1 heterocycles. The van der Waals surface area contributed by atoms with Crippen LogP contribution in [0.25, 0.3) is 0 Å². The van der Waals surface area contributed by atoms with Gasteiger partial charge < -0.3 is 4.74 Å². The van der Waals surface area contributed by atoms with Gasteiger partial charge in [0.25, 0.3) is 0 Å². The highest BCUT2D eigenvalue weighted by Gasteiger charge is 2.62. The van der Waals surface area contributed by atoms with Gasteiger partial charge in [0.15, 0.2) is 0 Å². The van der Waals surface area contributed by atoms with Crippen LogP contribution in [0.1, 0.15) is 58.8 Å². The van der Waals surface area contributed by atoms with Gasteiger partial charge in [0.05, 0.1) is 12.2 Å². The Balaban J connectivity index is 2.06. The highest BCUT2D eigenvalue weighted by molar-refractivity contribution is 5.21. The molecule has 3 aliphatic rings. The summed E-state index contributed by atoms with van der Waals surface area (Å²) in [6, 6.07) is 0. The minimum Gasteiger partial charge on any atom is -0.374 e. The Morgan fingerprint density at radius 3 is 2.88 bits per heavy atom. The van der Waals surface area contributed by atoms with Crippen molar-refractivity contribution in [2.45, 2.75) is 64.4 Å². The van der Waals surface area contributed by atoms with Crippen LogP contribution < -0.4 is 0 Å². The van der Waals surface area contributed by atoms with Crippen molar-refractivity contribution in [3.05, 3.63) is 12.2 Å². The van der Waals surface area contributed by atoms with E-state index in [9.17, 15) is 0 Å². The van der Waals surface area contributed by atoms with Gasteiger partial charge >= 0.3 is 0 Å². The average molecular weight is 234 g/mol. The molecule has 3 rings (SSSR count). The molecule has 0 aromatic rings. The fourth-order valence-electron chi connectivity index (χ4n) is 4.93. The Morgan fingerprint density at radius 1 is 1.24 bits per heavy atom. The van der Waals surface area contributed by atoms with Crippen LogP contribution in [0.5, 0.6) is 0 Å². The minimum absolute atomic E-state index is 0.193. The van der Waals surface area contributed by atoms with Crippen molar-refractivity contribution in [3.63, 3.8) is 0 Å². The first-order valence-corrected chi connectivity index (χ1v) is 7.42. The maximum Gasteiger partial charge on any atom is 0.0748 e. The van der Waals surface area contributed by atoms with Gasteiger partial charge in [-0.15, -0.1) is 0 Å². The summed E-state index contributed by atoms with van der Waals surface area (Å²) < 4.78 is 6.37. The van der Waals surface area contributed by atoms with E-state index in [1.165, 1.54) is 50.5 Å². The van der Waals surface area contributed by atoms with Gasteiger partial charge in [0.2, 0.25) is 0 Å². The molecule has 2 aliphatic carbocycles. The molecule has 2 saturated carbocycles. The molecule has 1 heteroatoms. The summed E-state index contributed by atoms with van der Waals surface area (Å²) in [5.41, 5.74) is 2.07. The standard InChI is InChI=1S/C16H26O/c1-12-8-10-16-9-6-4-5-7-14(12)15(16,3)13(2)11-17-16/h13-14H,1,4-11H2,2-3H3/t13-,14+,15-,16+/m1/s1. The van der Waals surface area contributed by atoms with Crippen molar-refractivity contribution in [2.75, 3.05) is 6.61 Å². The molecule has 17 heavy (non-hydrogen) atoms. The fraction of sp³-hybridized carbons (Fsp3) is 0.875. The summed E-state index contributed by atoms with van der Waals surface area (Å²) >= 11 is 0. The number of rotatable bonds is 0. The molecular weight excluding hydrogens is 208 g/mol. The number of hydrogen-bond donors (Lipinski definition) is 0. The second-order valence-corrected chi connectivity index (χ2v) is 6.80. The third kappa shape index (κ3) is 1.41. The normalized spacial score (nSPS) is 50.6. The van der Waals surface area contributed by atoms with Crippen molar-refractivity contribution in [1.82, 2.24) is 0 Å². The van der Waals surface area contributed by atoms with Crippen LogP contribution >= 0.6 is 0 Å². The summed E-state index contributed by atoms with van der Waals surface area (Å²) in [5.74, 6) is 1.41. The Bertz CT molecular complexity index is 334. The molecule has 0 N–H and O–H groups in total. The van der Waals surface area contributed by atoms with Gasteiger partial charge in [0.1, 0.15) is 0 Å². The van der Waals surface area contributed by atoms with Crippen molar-refractivity contribution in [3.8, 4) is 0 Å². The predicted octanol–water partition coefficient (Wildman–Crippen LogP) is 4.33. The van der Waals surface area contributed by atoms with E-state index in [1.54, 1.807) is 0 Å². The SMILES string of the molecule is C=C1CC[C@@]23CCCCC[C@@H]1[C@@]2(C)[C@H](C)CO3. The molecule has 0 aromatic carbocycles. The first-order valence-electron chi connectivity index (χ1n) is 7.42. The molecule has 3 fully saturated rings. The van der Waals surface area contributed by atoms with Gasteiger partial charge in [-0.2, -0.15) is 0 Å². The van der Waals surface area contributed by atoms with Gasteiger partial charge in [-0.3, -0.25) is 0 Å². The van der Waals surface area contributed by atoms with E-state index in [-0.39, 0.29) is 5.60 Å². The topological polar surface area (TPSA) is 9.23 Å². The summed E-state index contributed by atoms with van der Waals surface area (Å²) in [5, 5.41) is 0. The van der Waals surface area contributed by atoms with Gasteiger partial charge in [-0.25, -0.2) is 0 Å². The van der Waals surface area contributed by atoms with E-state index in [1.807, 2.05) is 0 Å². The Morgan fingerprint density at radius 2 is 2.06 bits per heavy atom. The Labute approximate surface area is 106 Å². The monoisotopic (exact) mass is 234 g/mol. The minimum atomic E-state index is 0.193. The molecule has 1 saturated heterocycles. The van der Waals surface area contributed by atoms with Crippen molar-refractivity contribution >= 4 is 0 Å². The molecule has 4 atom stereocenters. The second-order valence-electron chi connectivity index (χ2n) is 6.80. The lowest BCUT2D eigenvalue weighted by atomic mass is 9.51. The van der Waals surface area contributed by atoms with Crippen LogP contribution in [0.3, 0.4) is 0 Å². The smallest absolute Gasteiger partial charge is 0.0748 e. The number of ether oxygens (including phenoxy) is 1. The summed E-state index contributed by atoms with van der Waals surface area (Å²) in [4.78, 5) is 0. The second kappa shape index (κ2) is 3.85. The largest absolute Gasteiger partial charge is 0.374 e. The molecule has 2 bridgehead atoms. The summed E-state index contributed by atoms with van der Waals surface area (Å²) in [7, 11) is 0. The van der Waals surface area contributed by atoms with Gasteiger partial charge in [-0.05, 0) is 37.5 Å². The third-order valence-electron chi connectivity index (χ3n) is 6.26. The zero-order chi connectivity index (χ0) is 12.1. The average Bonchev–Trinajstić information content (AvgIpc) is 2.55. The van der Waals surface area contributed by atoms with Crippen molar-refractivity contribution in [2.24, 2.45) is 17.3 Å². The molecule has 96 valence electrons. The number of hydrogen-bond acceptors (Lipinski definition) is 1. The third-order valence-corrected chi connectivity index (χ3v) is 6.26. The molecule has 1 nitrogen and oxygen atoms in total. The van der Waals surface area contributed by atoms with Crippen LogP contribution in [0.15, 0.2) is 12.2 Å². The van der Waals surface area contributed by atoms with E-state index in [0.717, 1.165) is 6.61 Å². The van der Waals surface area contributed by atoms with Crippen molar-refractivity contribution < 1.29 is 4.74 Å². The summed E-state index contributed by atoms with van der Waals surface area (Å²) in [6.07, 6.45) is 9.21. The zero-order valence-corrected chi connectivity index (χ0v) is 11.4. The zero-order valence-electron chi connectivity index (χ0n) is 11.4. The molecule has 1 aliphatic heterocycles. The van der Waals surface area contributed by atoms with Crippen LogP contribution in [0, 0.1) is 17.3 Å². The van der Waals surface area contributed by atoms with E-state index in [0.29, 0.717) is 17.3 Å². The summed E-state index contributed by atoms with van der Waals surface area (Å²) in [6.45, 7) is 10.3. The Hall–Kier alpha value is -0.300. The maximum atomic E-state index is 6.37. The van der Waals surface area contributed by atoms with E-state index >= 15 is 0 Å². The lowest BCUT2D eigenvalue weighted by molar-refractivity contribution is -0.111. The van der Waals surface area contributed by atoms with Crippen LogP contribution in [-0.2, 0) is 4.74 Å². The molecule has 0 unspecified atom stereocenters. The molecule has 0 spiro atoms. The van der Waals surface area contributed by atoms with Crippen LogP contribution in [0.4, 0.5) is 0 Å². The molecule has 0 aromatic heterocycles. The first-order chi connectivity index (χ1) is 8.10. The van der Waals surface area contributed by atoms with Gasteiger partial charge in [-0.1, -0.05) is 45.3 Å². The van der Waals surface area contributed by atoms with Gasteiger partial charge in [0, 0.05) is 5.41 Å². The van der Waals surface area contributed by atoms with E-state index < -0.39 is 0 Å². The highest BCUT2D eigenvalue weighted by atomic mass is 16.5. The van der Waals surface area contributed by atoms with Crippen LogP contribution in [-0.4, -0.2) is 12.2 Å². The lowest BCUT2D eigenvalue weighted by Gasteiger charge is -2.55. The lowest BCUT2D eigenvalue weighted by Crippen LogP contribution is -2.54. The molecular formula is C16H26O. The maximum absolute atomic E-state index is 6.37. The van der Waals surface area contributed by atoms with E-state index in [2.05, 4.69) is 20.4 Å².